The summed E-state index contributed by atoms with van der Waals surface area (Å²) in [5, 5.41) is 10.7. The topological polar surface area (TPSA) is 70.3 Å². The van der Waals surface area contributed by atoms with Gasteiger partial charge in [-0.25, -0.2) is 0 Å². The number of hydrogen-bond acceptors (Lipinski definition) is 4. The summed E-state index contributed by atoms with van der Waals surface area (Å²) in [6.45, 7) is 0. The fourth-order valence-corrected chi connectivity index (χ4v) is 1.85. The van der Waals surface area contributed by atoms with Crippen LogP contribution >= 0.6 is 22.6 Å². The van der Waals surface area contributed by atoms with E-state index in [2.05, 4.69) is 22.6 Å². The van der Waals surface area contributed by atoms with Gasteiger partial charge in [-0.3, -0.25) is 4.79 Å². The maximum atomic E-state index is 11.9. The summed E-state index contributed by atoms with van der Waals surface area (Å²) in [6, 6.07) is 5.18. The maximum absolute atomic E-state index is 11.9. The van der Waals surface area contributed by atoms with E-state index in [0.717, 1.165) is 9.65 Å². The third kappa shape index (κ3) is 2.55. The van der Waals surface area contributed by atoms with E-state index in [1.54, 1.807) is 18.2 Å². The van der Waals surface area contributed by atoms with Crippen molar-refractivity contribution in [3.8, 4) is 0 Å². The van der Waals surface area contributed by atoms with Crippen LogP contribution in [0.25, 0.3) is 17.0 Å². The average molecular weight is 341 g/mol. The van der Waals surface area contributed by atoms with Gasteiger partial charge in [0.2, 0.25) is 0 Å². The number of carbonyl (C=O) groups excluding carboxylic acids is 1. The first-order valence-electron chi connectivity index (χ1n) is 4.68. The van der Waals surface area contributed by atoms with E-state index < -0.39 is 5.97 Å². The normalized spacial score (nSPS) is 11.1. The summed E-state index contributed by atoms with van der Waals surface area (Å²) in [6.07, 6.45) is 3.20. The predicted molar refractivity (Wildman–Crippen MR) is 69.2 cm³/mol. The molecule has 1 aromatic heterocycles. The van der Waals surface area contributed by atoms with Gasteiger partial charge in [0.05, 0.1) is 16.9 Å². The molecule has 1 aromatic carbocycles. The smallest absolute Gasteiger partial charge is 0.199 e. The minimum Gasteiger partial charge on any atom is -0.545 e. The van der Waals surface area contributed by atoms with E-state index in [0.29, 0.717) is 11.0 Å². The summed E-state index contributed by atoms with van der Waals surface area (Å²) in [5.74, 6) is -1.35. The number of carboxylic acid groups (broad SMARTS) is 1. The first kappa shape index (κ1) is 11.8. The number of carbonyl (C=O) groups is 1. The number of rotatable bonds is 2. The molecule has 2 rings (SSSR count). The van der Waals surface area contributed by atoms with Crippen molar-refractivity contribution >= 4 is 45.6 Å². The molecule has 0 bridgehead atoms. The number of hydrogen-bond donors (Lipinski definition) is 0. The molecule has 0 atom stereocenters. The Morgan fingerprint density at radius 2 is 2.18 bits per heavy atom. The second-order valence-electron chi connectivity index (χ2n) is 3.31. The molecule has 0 spiro atoms. The first-order valence-corrected chi connectivity index (χ1v) is 5.76. The highest BCUT2D eigenvalue weighted by Gasteiger charge is 2.04. The molecule has 0 N–H and O–H groups in total. The Morgan fingerprint density at radius 3 is 2.88 bits per heavy atom. The van der Waals surface area contributed by atoms with Crippen molar-refractivity contribution in [2.75, 3.05) is 0 Å². The SMILES string of the molecule is O=C([O-])/C=C/c1coc2cc(I)ccc2c1=O. The molecule has 86 valence electrons. The molecule has 0 fully saturated rings. The highest BCUT2D eigenvalue weighted by atomic mass is 127. The van der Waals surface area contributed by atoms with E-state index in [1.807, 2.05) is 0 Å². The lowest BCUT2D eigenvalue weighted by atomic mass is 10.1. The Bertz CT molecular complexity index is 670. The fourth-order valence-electron chi connectivity index (χ4n) is 1.39. The van der Waals surface area contributed by atoms with Crippen LogP contribution in [0.5, 0.6) is 0 Å². The van der Waals surface area contributed by atoms with Gasteiger partial charge in [0.25, 0.3) is 0 Å². The maximum Gasteiger partial charge on any atom is 0.199 e. The third-order valence-corrected chi connectivity index (χ3v) is 2.83. The minimum absolute atomic E-state index is 0.183. The Hall–Kier alpha value is -1.63. The van der Waals surface area contributed by atoms with Gasteiger partial charge in [-0.2, -0.15) is 0 Å². The van der Waals surface area contributed by atoms with Gasteiger partial charge in [0.1, 0.15) is 11.8 Å². The van der Waals surface area contributed by atoms with Crippen LogP contribution in [0.15, 0.2) is 39.7 Å². The van der Waals surface area contributed by atoms with Gasteiger partial charge >= 0.3 is 0 Å². The molecule has 0 aliphatic rings. The molecule has 5 heteroatoms. The van der Waals surface area contributed by atoms with Gasteiger partial charge in [-0.05, 0) is 52.9 Å². The zero-order valence-corrected chi connectivity index (χ0v) is 10.6. The quantitative estimate of drug-likeness (QED) is 0.607. The highest BCUT2D eigenvalue weighted by molar-refractivity contribution is 14.1. The largest absolute Gasteiger partial charge is 0.545 e. The molecule has 0 radical (unpaired) electrons. The van der Waals surface area contributed by atoms with Gasteiger partial charge in [0.15, 0.2) is 5.43 Å². The van der Waals surface area contributed by atoms with Gasteiger partial charge < -0.3 is 14.3 Å². The first-order chi connectivity index (χ1) is 8.08. The van der Waals surface area contributed by atoms with Crippen molar-refractivity contribution < 1.29 is 14.3 Å². The lowest BCUT2D eigenvalue weighted by Gasteiger charge is -1.99. The molecule has 0 unspecified atom stereocenters. The molecule has 2 aromatic rings. The van der Waals surface area contributed by atoms with Gasteiger partial charge in [-0.15, -0.1) is 0 Å². The average Bonchev–Trinajstić information content (AvgIpc) is 2.27. The van der Waals surface area contributed by atoms with Crippen molar-refractivity contribution in [3.05, 3.63) is 49.9 Å². The molecule has 0 saturated heterocycles. The van der Waals surface area contributed by atoms with Crippen LogP contribution in [0.1, 0.15) is 5.56 Å². The zero-order chi connectivity index (χ0) is 12.4. The summed E-state index contributed by atoms with van der Waals surface area (Å²) in [4.78, 5) is 22.2. The van der Waals surface area contributed by atoms with Crippen LogP contribution in [-0.4, -0.2) is 5.97 Å². The Kier molecular flexibility index (Phi) is 3.28. The molecule has 0 saturated carbocycles. The molecule has 0 aliphatic heterocycles. The highest BCUT2D eigenvalue weighted by Crippen LogP contribution is 2.15. The molecular weight excluding hydrogens is 335 g/mol. The lowest BCUT2D eigenvalue weighted by Crippen LogP contribution is -2.18. The number of carboxylic acids is 1. The summed E-state index contributed by atoms with van der Waals surface area (Å²) in [5.41, 5.74) is 0.399. The third-order valence-electron chi connectivity index (χ3n) is 2.16. The Labute approximate surface area is 110 Å². The fraction of sp³-hybridized carbons (Fsp3) is 0. The number of halogens is 1. The van der Waals surface area contributed by atoms with Crippen LogP contribution in [0.3, 0.4) is 0 Å². The summed E-state index contributed by atoms with van der Waals surface area (Å²) >= 11 is 2.11. The summed E-state index contributed by atoms with van der Waals surface area (Å²) < 4.78 is 6.22. The molecular formula is C12H6IO4-. The van der Waals surface area contributed by atoms with Gasteiger partial charge in [-0.1, -0.05) is 0 Å². The van der Waals surface area contributed by atoms with Crippen LogP contribution in [-0.2, 0) is 4.79 Å². The Morgan fingerprint density at radius 1 is 1.41 bits per heavy atom. The zero-order valence-electron chi connectivity index (χ0n) is 8.48. The summed E-state index contributed by atoms with van der Waals surface area (Å²) in [7, 11) is 0. The van der Waals surface area contributed by atoms with E-state index in [1.165, 1.54) is 12.3 Å². The van der Waals surface area contributed by atoms with Gasteiger partial charge in [0, 0.05) is 3.57 Å². The number of benzene rings is 1. The van der Waals surface area contributed by atoms with Crippen molar-refractivity contribution in [3.63, 3.8) is 0 Å². The second-order valence-corrected chi connectivity index (χ2v) is 4.56. The number of aliphatic carboxylic acids is 1. The Balaban J connectivity index is 2.62. The predicted octanol–water partition coefficient (Wildman–Crippen LogP) is 1.16. The van der Waals surface area contributed by atoms with E-state index in [-0.39, 0.29) is 11.0 Å². The van der Waals surface area contributed by atoms with Crippen molar-refractivity contribution in [2.24, 2.45) is 0 Å². The minimum atomic E-state index is -1.35. The molecule has 17 heavy (non-hydrogen) atoms. The molecule has 0 aliphatic carbocycles. The molecule has 4 nitrogen and oxygen atoms in total. The van der Waals surface area contributed by atoms with Crippen LogP contribution in [0.4, 0.5) is 0 Å². The van der Waals surface area contributed by atoms with E-state index in [4.69, 9.17) is 4.42 Å². The van der Waals surface area contributed by atoms with Crippen molar-refractivity contribution in [1.82, 2.24) is 0 Å². The van der Waals surface area contributed by atoms with Crippen LogP contribution < -0.4 is 10.5 Å². The van der Waals surface area contributed by atoms with Crippen molar-refractivity contribution in [1.29, 1.82) is 0 Å². The van der Waals surface area contributed by atoms with Crippen LogP contribution in [0.2, 0.25) is 0 Å². The lowest BCUT2D eigenvalue weighted by molar-refractivity contribution is -0.297. The van der Waals surface area contributed by atoms with E-state index >= 15 is 0 Å². The standard InChI is InChI=1S/C12H7IO4/c13-8-2-3-9-10(5-8)17-6-7(12(9)16)1-4-11(14)15/h1-6H,(H,14,15)/p-1/b4-1+. The van der Waals surface area contributed by atoms with Crippen molar-refractivity contribution in [2.45, 2.75) is 0 Å². The second kappa shape index (κ2) is 4.70. The van der Waals surface area contributed by atoms with Crippen LogP contribution in [0, 0.1) is 3.57 Å². The number of fused-ring (bicyclic) bond motifs is 1. The molecule has 0 amide bonds. The molecule has 1 heterocycles. The monoisotopic (exact) mass is 341 g/mol. The van der Waals surface area contributed by atoms with E-state index in [9.17, 15) is 14.7 Å².